The van der Waals surface area contributed by atoms with Gasteiger partial charge in [-0.2, -0.15) is 0 Å². The van der Waals surface area contributed by atoms with Crippen molar-refractivity contribution in [2.75, 3.05) is 12.3 Å². The van der Waals surface area contributed by atoms with E-state index < -0.39 is 9.84 Å². The molecule has 2 N–H and O–H groups in total. The Labute approximate surface area is 102 Å². The van der Waals surface area contributed by atoms with Crippen molar-refractivity contribution in [1.82, 2.24) is 0 Å². The van der Waals surface area contributed by atoms with E-state index >= 15 is 0 Å². The molecule has 0 spiro atoms. The molecule has 3 nitrogen and oxygen atoms in total. The van der Waals surface area contributed by atoms with Gasteiger partial charge in [0.2, 0.25) is 0 Å². The largest absolute Gasteiger partial charge is 0.330 e. The van der Waals surface area contributed by atoms with Crippen LogP contribution in [0.3, 0.4) is 0 Å². The summed E-state index contributed by atoms with van der Waals surface area (Å²) in [5.41, 5.74) is 6.09. The van der Waals surface area contributed by atoms with E-state index in [1.807, 2.05) is 0 Å². The summed E-state index contributed by atoms with van der Waals surface area (Å²) in [5, 5.41) is 0.615. The van der Waals surface area contributed by atoms with E-state index in [0.29, 0.717) is 18.0 Å². The number of hydrogen-bond donors (Lipinski definition) is 1. The van der Waals surface area contributed by atoms with Gasteiger partial charge in [0.05, 0.1) is 11.5 Å². The maximum Gasteiger partial charge on any atom is 0.154 e. The molecule has 1 aromatic carbocycles. The average molecular weight is 262 g/mol. The van der Waals surface area contributed by atoms with E-state index in [2.05, 4.69) is 0 Å². The lowest BCUT2D eigenvalue weighted by atomic mass is 10.2. The molecule has 0 radical (unpaired) electrons. The quantitative estimate of drug-likeness (QED) is 0.797. The van der Waals surface area contributed by atoms with Crippen molar-refractivity contribution in [3.8, 4) is 0 Å². The zero-order valence-electron chi connectivity index (χ0n) is 9.02. The molecule has 1 aromatic rings. The predicted molar refractivity (Wildman–Crippen MR) is 67.2 cm³/mol. The molecule has 0 unspecified atom stereocenters. The van der Waals surface area contributed by atoms with Gasteiger partial charge in [0.1, 0.15) is 0 Å². The highest BCUT2D eigenvalue weighted by Gasteiger charge is 2.11. The van der Waals surface area contributed by atoms with Gasteiger partial charge in [0.15, 0.2) is 9.84 Å². The Bertz CT molecular complexity index is 414. The normalized spacial score (nSPS) is 11.6. The Hall–Kier alpha value is -0.580. The van der Waals surface area contributed by atoms with Crippen LogP contribution in [0.2, 0.25) is 5.02 Å². The van der Waals surface area contributed by atoms with Crippen LogP contribution in [0.5, 0.6) is 0 Å². The minimum atomic E-state index is -3.02. The molecular weight excluding hydrogens is 246 g/mol. The number of rotatable bonds is 6. The van der Waals surface area contributed by atoms with Gasteiger partial charge in [0.25, 0.3) is 0 Å². The van der Waals surface area contributed by atoms with Gasteiger partial charge in [0, 0.05) is 5.02 Å². The van der Waals surface area contributed by atoms with Gasteiger partial charge in [-0.25, -0.2) is 8.42 Å². The number of hydrogen-bond acceptors (Lipinski definition) is 3. The first-order valence-corrected chi connectivity index (χ1v) is 7.38. The van der Waals surface area contributed by atoms with Crippen molar-refractivity contribution in [3.63, 3.8) is 0 Å². The second-order valence-corrected chi connectivity index (χ2v) is 6.33. The zero-order chi connectivity index (χ0) is 12.0. The third-order valence-electron chi connectivity index (χ3n) is 2.21. The van der Waals surface area contributed by atoms with Crippen LogP contribution in [0.25, 0.3) is 0 Å². The van der Waals surface area contributed by atoms with Gasteiger partial charge in [-0.3, -0.25) is 0 Å². The summed E-state index contributed by atoms with van der Waals surface area (Å²) in [7, 11) is -3.02. The van der Waals surface area contributed by atoms with Crippen molar-refractivity contribution in [1.29, 1.82) is 0 Å². The lowest BCUT2D eigenvalue weighted by Crippen LogP contribution is -2.11. The highest BCUT2D eigenvalue weighted by molar-refractivity contribution is 7.90. The standard InChI is InChI=1S/C11H16ClNO2S/c12-11-5-3-10(4-6-11)9-16(14,15)8-2-1-7-13/h3-6H,1-2,7-9,13H2. The SMILES string of the molecule is NCCCCS(=O)(=O)Cc1ccc(Cl)cc1. The van der Waals surface area contributed by atoms with E-state index in [1.54, 1.807) is 24.3 Å². The van der Waals surface area contributed by atoms with Gasteiger partial charge < -0.3 is 5.73 Å². The molecule has 0 heterocycles. The number of halogens is 1. The summed E-state index contributed by atoms with van der Waals surface area (Å²) < 4.78 is 23.4. The summed E-state index contributed by atoms with van der Waals surface area (Å²) in [6.45, 7) is 0.538. The van der Waals surface area contributed by atoms with E-state index in [9.17, 15) is 8.42 Å². The van der Waals surface area contributed by atoms with Crippen molar-refractivity contribution >= 4 is 21.4 Å². The molecule has 0 atom stereocenters. The maximum absolute atomic E-state index is 11.7. The summed E-state index contributed by atoms with van der Waals surface area (Å²) >= 11 is 5.72. The monoisotopic (exact) mass is 261 g/mol. The van der Waals surface area contributed by atoms with Crippen LogP contribution in [-0.4, -0.2) is 20.7 Å². The first kappa shape index (κ1) is 13.5. The second kappa shape index (κ2) is 6.23. The molecule has 90 valence electrons. The minimum absolute atomic E-state index is 0.0781. The van der Waals surface area contributed by atoms with Crippen molar-refractivity contribution in [2.45, 2.75) is 18.6 Å². The highest BCUT2D eigenvalue weighted by atomic mass is 35.5. The molecule has 0 amide bonds. The Kier molecular flexibility index (Phi) is 5.25. The Morgan fingerprint density at radius 1 is 1.12 bits per heavy atom. The van der Waals surface area contributed by atoms with Crippen LogP contribution in [-0.2, 0) is 15.6 Å². The second-order valence-electron chi connectivity index (χ2n) is 3.71. The van der Waals surface area contributed by atoms with Gasteiger partial charge >= 0.3 is 0 Å². The fourth-order valence-electron chi connectivity index (χ4n) is 1.37. The molecule has 0 aliphatic carbocycles. The molecule has 0 aliphatic heterocycles. The molecule has 1 rings (SSSR count). The summed E-state index contributed by atoms with van der Waals surface area (Å²) in [6.07, 6.45) is 1.38. The van der Waals surface area contributed by atoms with Crippen molar-refractivity contribution in [2.24, 2.45) is 5.73 Å². The third-order valence-corrected chi connectivity index (χ3v) is 4.15. The summed E-state index contributed by atoms with van der Waals surface area (Å²) in [6, 6.07) is 6.88. The van der Waals surface area contributed by atoms with Crippen LogP contribution < -0.4 is 5.73 Å². The Morgan fingerprint density at radius 3 is 2.31 bits per heavy atom. The Balaban J connectivity index is 2.55. The number of nitrogens with two attached hydrogens (primary N) is 1. The lowest BCUT2D eigenvalue weighted by molar-refractivity contribution is 0.591. The first-order chi connectivity index (χ1) is 7.53. The highest BCUT2D eigenvalue weighted by Crippen LogP contribution is 2.13. The van der Waals surface area contributed by atoms with E-state index in [1.165, 1.54) is 0 Å². The average Bonchev–Trinajstić information content (AvgIpc) is 2.21. The van der Waals surface area contributed by atoms with Crippen molar-refractivity contribution < 1.29 is 8.42 Å². The van der Waals surface area contributed by atoms with E-state index in [-0.39, 0.29) is 11.5 Å². The molecule has 0 fully saturated rings. The van der Waals surface area contributed by atoms with E-state index in [0.717, 1.165) is 12.0 Å². The first-order valence-electron chi connectivity index (χ1n) is 5.18. The van der Waals surface area contributed by atoms with Gasteiger partial charge in [-0.05, 0) is 37.1 Å². The van der Waals surface area contributed by atoms with Crippen LogP contribution in [0.1, 0.15) is 18.4 Å². The maximum atomic E-state index is 11.7. The lowest BCUT2D eigenvalue weighted by Gasteiger charge is -2.04. The number of benzene rings is 1. The molecule has 0 saturated carbocycles. The zero-order valence-corrected chi connectivity index (χ0v) is 10.6. The van der Waals surface area contributed by atoms with Gasteiger partial charge in [-0.15, -0.1) is 0 Å². The number of sulfone groups is 1. The topological polar surface area (TPSA) is 60.2 Å². The fourth-order valence-corrected chi connectivity index (χ4v) is 2.99. The molecule has 0 aliphatic rings. The third kappa shape index (κ3) is 4.96. The van der Waals surface area contributed by atoms with Crippen molar-refractivity contribution in [3.05, 3.63) is 34.9 Å². The molecule has 0 aromatic heterocycles. The summed E-state index contributed by atoms with van der Waals surface area (Å²) in [4.78, 5) is 0. The van der Waals surface area contributed by atoms with Crippen LogP contribution in [0.15, 0.2) is 24.3 Å². The minimum Gasteiger partial charge on any atom is -0.330 e. The van der Waals surface area contributed by atoms with Crippen LogP contribution >= 0.6 is 11.6 Å². The molecule has 5 heteroatoms. The number of unbranched alkanes of at least 4 members (excludes halogenated alkanes) is 1. The van der Waals surface area contributed by atoms with Crippen LogP contribution in [0, 0.1) is 0 Å². The smallest absolute Gasteiger partial charge is 0.154 e. The Morgan fingerprint density at radius 2 is 1.75 bits per heavy atom. The molecule has 0 bridgehead atoms. The predicted octanol–water partition coefficient (Wildman–Crippen LogP) is 1.99. The molecular formula is C11H16ClNO2S. The molecule has 0 saturated heterocycles. The van der Waals surface area contributed by atoms with E-state index in [4.69, 9.17) is 17.3 Å². The van der Waals surface area contributed by atoms with Crippen LogP contribution in [0.4, 0.5) is 0 Å². The summed E-state index contributed by atoms with van der Waals surface area (Å²) in [5.74, 6) is 0.279. The fraction of sp³-hybridized carbons (Fsp3) is 0.455. The van der Waals surface area contributed by atoms with Gasteiger partial charge in [-0.1, -0.05) is 23.7 Å². The molecule has 16 heavy (non-hydrogen) atoms.